The van der Waals surface area contributed by atoms with Crippen LogP contribution in [0.3, 0.4) is 0 Å². The number of nitrogens with one attached hydrogen (secondary N) is 1. The van der Waals surface area contributed by atoms with E-state index in [2.05, 4.69) is 22.1 Å². The third-order valence-corrected chi connectivity index (χ3v) is 5.53. The number of hydrogen-bond donors (Lipinski definition) is 1. The zero-order valence-electron chi connectivity index (χ0n) is 8.65. The highest BCUT2D eigenvalue weighted by Crippen LogP contribution is 2.21. The van der Waals surface area contributed by atoms with Gasteiger partial charge in [0.15, 0.2) is 0 Å². The number of rotatable bonds is 6. The van der Waals surface area contributed by atoms with Gasteiger partial charge in [-0.2, -0.15) is 11.8 Å². The van der Waals surface area contributed by atoms with E-state index in [0.717, 1.165) is 12.6 Å². The predicted molar refractivity (Wildman–Crippen MR) is 71.2 cm³/mol. The van der Waals surface area contributed by atoms with Crippen molar-refractivity contribution in [3.8, 4) is 0 Å². The van der Waals surface area contributed by atoms with E-state index in [1.807, 2.05) is 23.3 Å². The van der Waals surface area contributed by atoms with Crippen molar-refractivity contribution in [3.05, 3.63) is 11.6 Å². The normalized spacial score (nSPS) is 20.9. The standard InChI is InChI=1S/C10H16N2S3/c1(3-11-9-2-6-13-8-9)5-14-10-12-4-7-15-10/h4,7,9,11H,1-3,5-6,8H2. The minimum absolute atomic E-state index is 0.778. The third-order valence-electron chi connectivity index (χ3n) is 2.32. The molecule has 2 rings (SSSR count). The minimum atomic E-state index is 0.778. The van der Waals surface area contributed by atoms with Crippen LogP contribution in [0.1, 0.15) is 12.8 Å². The van der Waals surface area contributed by atoms with E-state index in [1.54, 1.807) is 11.3 Å². The van der Waals surface area contributed by atoms with Crippen molar-refractivity contribution in [2.45, 2.75) is 23.2 Å². The van der Waals surface area contributed by atoms with Crippen LogP contribution in [0.2, 0.25) is 0 Å². The average Bonchev–Trinajstić information content (AvgIpc) is 2.88. The summed E-state index contributed by atoms with van der Waals surface area (Å²) in [4.78, 5) is 4.25. The molecule has 1 aliphatic heterocycles. The van der Waals surface area contributed by atoms with Crippen molar-refractivity contribution < 1.29 is 0 Å². The molecule has 0 aromatic carbocycles. The summed E-state index contributed by atoms with van der Waals surface area (Å²) in [6.07, 6.45) is 4.47. The lowest BCUT2D eigenvalue weighted by Gasteiger charge is -2.09. The Morgan fingerprint density at radius 2 is 2.60 bits per heavy atom. The van der Waals surface area contributed by atoms with Gasteiger partial charge < -0.3 is 5.32 Å². The summed E-state index contributed by atoms with van der Waals surface area (Å²) in [5.74, 6) is 3.82. The van der Waals surface area contributed by atoms with Crippen molar-refractivity contribution in [3.63, 3.8) is 0 Å². The van der Waals surface area contributed by atoms with Crippen LogP contribution < -0.4 is 5.32 Å². The Bertz CT molecular complexity index is 258. The Kier molecular flexibility index (Phi) is 5.32. The van der Waals surface area contributed by atoms with E-state index in [1.165, 1.54) is 34.4 Å². The molecule has 2 nitrogen and oxygen atoms in total. The van der Waals surface area contributed by atoms with Crippen LogP contribution in [0.4, 0.5) is 0 Å². The molecule has 5 heteroatoms. The zero-order valence-corrected chi connectivity index (χ0v) is 11.1. The highest BCUT2D eigenvalue weighted by molar-refractivity contribution is 8.01. The molecule has 1 atom stereocenters. The van der Waals surface area contributed by atoms with Gasteiger partial charge in [0.25, 0.3) is 0 Å². The summed E-state index contributed by atoms with van der Waals surface area (Å²) in [5, 5.41) is 5.65. The quantitative estimate of drug-likeness (QED) is 0.628. The fourth-order valence-electron chi connectivity index (χ4n) is 1.51. The van der Waals surface area contributed by atoms with Crippen LogP contribution in [-0.2, 0) is 0 Å². The largest absolute Gasteiger partial charge is 0.313 e. The second-order valence-electron chi connectivity index (χ2n) is 3.51. The fraction of sp³-hybridized carbons (Fsp3) is 0.700. The molecule has 15 heavy (non-hydrogen) atoms. The molecule has 1 aromatic heterocycles. The number of aromatic nitrogens is 1. The Balaban J connectivity index is 1.48. The summed E-state index contributed by atoms with van der Waals surface area (Å²) in [6, 6.07) is 0.778. The first-order valence-electron chi connectivity index (χ1n) is 5.28. The van der Waals surface area contributed by atoms with Crippen molar-refractivity contribution in [1.82, 2.24) is 10.3 Å². The lowest BCUT2D eigenvalue weighted by atomic mass is 10.2. The molecule has 1 aromatic rings. The smallest absolute Gasteiger partial charge is 0.149 e. The zero-order chi connectivity index (χ0) is 10.3. The summed E-state index contributed by atoms with van der Waals surface area (Å²) in [6.45, 7) is 1.16. The molecule has 0 amide bonds. The Hall–Kier alpha value is 0.290. The number of thiazole rings is 1. The molecule has 0 bridgehead atoms. The first kappa shape index (κ1) is 11.8. The lowest BCUT2D eigenvalue weighted by molar-refractivity contribution is 0.557. The van der Waals surface area contributed by atoms with Crippen LogP contribution in [0.15, 0.2) is 15.9 Å². The van der Waals surface area contributed by atoms with Gasteiger partial charge in [-0.25, -0.2) is 4.98 Å². The third kappa shape index (κ3) is 4.34. The van der Waals surface area contributed by atoms with Crippen molar-refractivity contribution in [2.24, 2.45) is 0 Å². The van der Waals surface area contributed by atoms with E-state index in [0.29, 0.717) is 0 Å². The van der Waals surface area contributed by atoms with E-state index < -0.39 is 0 Å². The molecule has 0 radical (unpaired) electrons. The highest BCUT2D eigenvalue weighted by Gasteiger charge is 2.13. The fourth-order valence-corrected chi connectivity index (χ4v) is 4.35. The van der Waals surface area contributed by atoms with Crippen LogP contribution >= 0.6 is 34.9 Å². The number of thioether (sulfide) groups is 2. The molecule has 1 unspecified atom stereocenters. The highest BCUT2D eigenvalue weighted by atomic mass is 32.2. The van der Waals surface area contributed by atoms with Gasteiger partial charge in [-0.1, -0.05) is 11.8 Å². The summed E-state index contributed by atoms with van der Waals surface area (Å²) >= 11 is 5.67. The molecule has 1 fully saturated rings. The van der Waals surface area contributed by atoms with Gasteiger partial charge >= 0.3 is 0 Å². The Morgan fingerprint density at radius 1 is 1.60 bits per heavy atom. The molecule has 2 heterocycles. The van der Waals surface area contributed by atoms with Gasteiger partial charge in [0.05, 0.1) is 0 Å². The predicted octanol–water partition coefficient (Wildman–Crippen LogP) is 2.72. The van der Waals surface area contributed by atoms with E-state index >= 15 is 0 Å². The van der Waals surface area contributed by atoms with Crippen molar-refractivity contribution >= 4 is 34.9 Å². The van der Waals surface area contributed by atoms with Gasteiger partial charge in [-0.05, 0) is 25.1 Å². The molecule has 0 aliphatic carbocycles. The van der Waals surface area contributed by atoms with Crippen LogP contribution in [0.5, 0.6) is 0 Å². The van der Waals surface area contributed by atoms with Gasteiger partial charge in [-0.15, -0.1) is 11.3 Å². The maximum atomic E-state index is 4.25. The molecular formula is C10H16N2S3. The van der Waals surface area contributed by atoms with Gasteiger partial charge in [-0.3, -0.25) is 0 Å². The van der Waals surface area contributed by atoms with E-state index in [9.17, 15) is 0 Å². The second kappa shape index (κ2) is 6.78. The molecule has 1 aliphatic rings. The SMILES string of the molecule is c1csc(SCCCNC2CCSC2)n1. The summed E-state index contributed by atoms with van der Waals surface area (Å²) in [7, 11) is 0. The Labute approximate surface area is 104 Å². The molecular weight excluding hydrogens is 244 g/mol. The molecule has 0 saturated carbocycles. The maximum absolute atomic E-state index is 4.25. The first-order valence-corrected chi connectivity index (χ1v) is 8.30. The topological polar surface area (TPSA) is 24.9 Å². The number of nitrogens with zero attached hydrogens (tertiary/aromatic N) is 1. The monoisotopic (exact) mass is 260 g/mol. The summed E-state index contributed by atoms with van der Waals surface area (Å²) < 4.78 is 1.20. The van der Waals surface area contributed by atoms with Crippen molar-refractivity contribution in [1.29, 1.82) is 0 Å². The molecule has 1 N–H and O–H groups in total. The minimum Gasteiger partial charge on any atom is -0.313 e. The van der Waals surface area contributed by atoms with Crippen LogP contribution in [-0.4, -0.2) is 34.8 Å². The van der Waals surface area contributed by atoms with Crippen LogP contribution in [0, 0.1) is 0 Å². The van der Waals surface area contributed by atoms with E-state index in [-0.39, 0.29) is 0 Å². The second-order valence-corrected chi connectivity index (χ2v) is 6.90. The van der Waals surface area contributed by atoms with Gasteiger partial charge in [0, 0.05) is 29.1 Å². The molecule has 0 spiro atoms. The first-order chi connectivity index (χ1) is 7.45. The van der Waals surface area contributed by atoms with Gasteiger partial charge in [0.2, 0.25) is 0 Å². The van der Waals surface area contributed by atoms with E-state index in [4.69, 9.17) is 0 Å². The van der Waals surface area contributed by atoms with Gasteiger partial charge in [0.1, 0.15) is 4.34 Å². The summed E-state index contributed by atoms with van der Waals surface area (Å²) in [5.41, 5.74) is 0. The van der Waals surface area contributed by atoms with Crippen LogP contribution in [0.25, 0.3) is 0 Å². The number of hydrogen-bond acceptors (Lipinski definition) is 5. The lowest BCUT2D eigenvalue weighted by Crippen LogP contribution is -2.29. The maximum Gasteiger partial charge on any atom is 0.149 e. The van der Waals surface area contributed by atoms with Crippen molar-refractivity contribution in [2.75, 3.05) is 23.8 Å². The Morgan fingerprint density at radius 3 is 3.33 bits per heavy atom. The molecule has 1 saturated heterocycles. The molecule has 84 valence electrons. The average molecular weight is 260 g/mol.